The Morgan fingerprint density at radius 2 is 1.74 bits per heavy atom. The summed E-state index contributed by atoms with van der Waals surface area (Å²) in [5.41, 5.74) is 0. The summed E-state index contributed by atoms with van der Waals surface area (Å²) in [7, 11) is 1.27. The van der Waals surface area contributed by atoms with E-state index in [-0.39, 0.29) is 18.3 Å². The highest BCUT2D eigenvalue weighted by Crippen LogP contribution is 2.25. The smallest absolute Gasteiger partial charge is 0.303 e. The van der Waals surface area contributed by atoms with E-state index in [1.54, 1.807) is 0 Å². The molecule has 0 aromatic heterocycles. The van der Waals surface area contributed by atoms with E-state index in [0.717, 1.165) is 0 Å². The first kappa shape index (κ1) is 18.5. The zero-order valence-electron chi connectivity index (χ0n) is 13.3. The average Bonchev–Trinajstić information content (AvgIpc) is 2.45. The van der Waals surface area contributed by atoms with Gasteiger partial charge in [-0.25, -0.2) is 0 Å². The lowest BCUT2D eigenvalue weighted by atomic mass is 10.0. The van der Waals surface area contributed by atoms with Crippen molar-refractivity contribution < 1.29 is 38.1 Å². The van der Waals surface area contributed by atoms with Crippen molar-refractivity contribution in [1.82, 2.24) is 0 Å². The number of carbonyl (C=O) groups is 3. The molecule has 1 N–H and O–H groups in total. The molecule has 1 heterocycles. The maximum atomic E-state index is 11.3. The van der Waals surface area contributed by atoms with Gasteiger partial charge in [-0.15, -0.1) is 0 Å². The molecule has 0 radical (unpaired) electrons. The van der Waals surface area contributed by atoms with Gasteiger partial charge in [0.05, 0.1) is 7.11 Å². The van der Waals surface area contributed by atoms with Gasteiger partial charge in [0.25, 0.3) is 0 Å². The Morgan fingerprint density at radius 3 is 2.22 bits per heavy atom. The minimum absolute atomic E-state index is 0.0145. The fourth-order valence-corrected chi connectivity index (χ4v) is 1.91. The fraction of sp³-hybridized carbons (Fsp3) is 0.571. The van der Waals surface area contributed by atoms with Crippen molar-refractivity contribution in [3.63, 3.8) is 0 Å². The molecular formula is C14H19NO8. The van der Waals surface area contributed by atoms with Gasteiger partial charge in [0, 0.05) is 26.8 Å². The quantitative estimate of drug-likeness (QED) is 0.331. The summed E-state index contributed by atoms with van der Waals surface area (Å²) in [6, 6.07) is 0. The van der Waals surface area contributed by atoms with E-state index in [0.29, 0.717) is 0 Å². The zero-order chi connectivity index (χ0) is 17.6. The number of methoxy groups -OCH3 is 1. The van der Waals surface area contributed by atoms with E-state index in [2.05, 4.69) is 0 Å². The van der Waals surface area contributed by atoms with Gasteiger partial charge < -0.3 is 23.7 Å². The molecule has 9 nitrogen and oxygen atoms in total. The van der Waals surface area contributed by atoms with Crippen molar-refractivity contribution in [2.75, 3.05) is 13.7 Å². The summed E-state index contributed by atoms with van der Waals surface area (Å²) < 4.78 is 25.3. The Labute approximate surface area is 133 Å². The van der Waals surface area contributed by atoms with Crippen LogP contribution in [0.4, 0.5) is 0 Å². The Balaban J connectivity index is 3.10. The first-order valence-corrected chi connectivity index (χ1v) is 6.73. The van der Waals surface area contributed by atoms with Crippen LogP contribution in [-0.2, 0) is 38.1 Å². The number of hydrogen-bond donors (Lipinski definition) is 1. The van der Waals surface area contributed by atoms with Crippen molar-refractivity contribution in [2.24, 2.45) is 0 Å². The van der Waals surface area contributed by atoms with Gasteiger partial charge in [0.15, 0.2) is 24.1 Å². The standard InChI is InChI=1S/C14H19NO8/c1-7(16)20-6-12-13(22-9(3)18)10(21-8(2)17)5-11(23-12)14(15)19-4/h5,10,12-13,15H,6H2,1-4H3/t10-,12-,13-/m1/s1. The molecule has 3 atom stereocenters. The van der Waals surface area contributed by atoms with Crippen LogP contribution in [-0.4, -0.2) is 55.8 Å². The number of hydrogen-bond acceptors (Lipinski definition) is 9. The van der Waals surface area contributed by atoms with Crippen LogP contribution >= 0.6 is 0 Å². The highest BCUT2D eigenvalue weighted by atomic mass is 16.6. The van der Waals surface area contributed by atoms with Crippen molar-refractivity contribution >= 4 is 23.8 Å². The second-order valence-corrected chi connectivity index (χ2v) is 4.67. The van der Waals surface area contributed by atoms with Crippen LogP contribution < -0.4 is 0 Å². The van der Waals surface area contributed by atoms with E-state index in [1.165, 1.54) is 34.0 Å². The van der Waals surface area contributed by atoms with Gasteiger partial charge in [-0.3, -0.25) is 19.8 Å². The Morgan fingerprint density at radius 1 is 1.13 bits per heavy atom. The van der Waals surface area contributed by atoms with Crippen molar-refractivity contribution in [2.45, 2.75) is 39.1 Å². The second kappa shape index (κ2) is 8.16. The van der Waals surface area contributed by atoms with Crippen LogP contribution in [0.3, 0.4) is 0 Å². The van der Waals surface area contributed by atoms with Crippen LogP contribution in [0, 0.1) is 5.41 Å². The molecule has 1 aliphatic rings. The molecule has 0 saturated carbocycles. The van der Waals surface area contributed by atoms with Crippen LogP contribution in [0.25, 0.3) is 0 Å². The lowest BCUT2D eigenvalue weighted by molar-refractivity contribution is -0.180. The van der Waals surface area contributed by atoms with Crippen LogP contribution in [0.1, 0.15) is 20.8 Å². The monoisotopic (exact) mass is 329 g/mol. The minimum atomic E-state index is -1.02. The van der Waals surface area contributed by atoms with Crippen molar-refractivity contribution in [1.29, 1.82) is 5.41 Å². The first-order valence-electron chi connectivity index (χ1n) is 6.73. The predicted molar refractivity (Wildman–Crippen MR) is 75.4 cm³/mol. The number of esters is 3. The Bertz CT molecular complexity index is 527. The summed E-state index contributed by atoms with van der Waals surface area (Å²) in [6.07, 6.45) is -1.69. The number of ether oxygens (including phenoxy) is 5. The lowest BCUT2D eigenvalue weighted by Gasteiger charge is -2.35. The minimum Gasteiger partial charge on any atom is -0.479 e. The molecule has 0 unspecified atom stereocenters. The Kier molecular flexibility index (Phi) is 6.55. The Hall–Kier alpha value is -2.58. The molecule has 0 bridgehead atoms. The highest BCUT2D eigenvalue weighted by Gasteiger charge is 2.41. The van der Waals surface area contributed by atoms with E-state index in [9.17, 15) is 14.4 Å². The van der Waals surface area contributed by atoms with Gasteiger partial charge in [-0.1, -0.05) is 0 Å². The molecule has 0 aromatic carbocycles. The summed E-state index contributed by atoms with van der Waals surface area (Å²) >= 11 is 0. The molecule has 23 heavy (non-hydrogen) atoms. The third-order valence-electron chi connectivity index (χ3n) is 2.77. The largest absolute Gasteiger partial charge is 0.479 e. The molecule has 1 aliphatic heterocycles. The average molecular weight is 329 g/mol. The van der Waals surface area contributed by atoms with Crippen molar-refractivity contribution in [3.05, 3.63) is 11.8 Å². The van der Waals surface area contributed by atoms with Gasteiger partial charge in [-0.2, -0.15) is 0 Å². The molecular weight excluding hydrogens is 310 g/mol. The maximum absolute atomic E-state index is 11.3. The van der Waals surface area contributed by atoms with Crippen LogP contribution in [0.5, 0.6) is 0 Å². The van der Waals surface area contributed by atoms with Gasteiger partial charge in [0.1, 0.15) is 6.61 Å². The normalized spacial score (nSPS) is 23.0. The van der Waals surface area contributed by atoms with E-state index in [4.69, 9.17) is 29.1 Å². The number of rotatable bonds is 5. The third-order valence-corrected chi connectivity index (χ3v) is 2.77. The van der Waals surface area contributed by atoms with E-state index < -0.39 is 36.2 Å². The molecule has 0 spiro atoms. The summed E-state index contributed by atoms with van der Waals surface area (Å²) in [5.74, 6) is -2.12. The van der Waals surface area contributed by atoms with E-state index >= 15 is 0 Å². The van der Waals surface area contributed by atoms with Crippen LogP contribution in [0.15, 0.2) is 11.8 Å². The maximum Gasteiger partial charge on any atom is 0.303 e. The SMILES string of the molecule is COC(=N)C1=C[C@@H](OC(C)=O)[C@@H](OC(C)=O)[C@@H](COC(C)=O)O1. The highest BCUT2D eigenvalue weighted by molar-refractivity contribution is 5.89. The zero-order valence-corrected chi connectivity index (χ0v) is 13.3. The third kappa shape index (κ3) is 5.61. The molecule has 0 fully saturated rings. The van der Waals surface area contributed by atoms with Crippen LogP contribution in [0.2, 0.25) is 0 Å². The molecule has 0 aliphatic carbocycles. The second-order valence-electron chi connectivity index (χ2n) is 4.67. The fourth-order valence-electron chi connectivity index (χ4n) is 1.91. The van der Waals surface area contributed by atoms with Gasteiger partial charge in [-0.05, 0) is 0 Å². The summed E-state index contributed by atoms with van der Waals surface area (Å²) in [4.78, 5) is 33.5. The molecule has 0 aromatic rings. The summed E-state index contributed by atoms with van der Waals surface area (Å²) in [6.45, 7) is 3.33. The van der Waals surface area contributed by atoms with Gasteiger partial charge in [0.2, 0.25) is 5.90 Å². The predicted octanol–water partition coefficient (Wildman–Crippen LogP) is 0.319. The topological polar surface area (TPSA) is 121 Å². The summed E-state index contributed by atoms with van der Waals surface area (Å²) in [5, 5.41) is 7.65. The molecule has 0 saturated heterocycles. The lowest BCUT2D eigenvalue weighted by Crippen LogP contribution is -2.49. The van der Waals surface area contributed by atoms with Gasteiger partial charge >= 0.3 is 17.9 Å². The molecule has 9 heteroatoms. The number of carbonyl (C=O) groups excluding carboxylic acids is 3. The molecule has 0 amide bonds. The van der Waals surface area contributed by atoms with E-state index in [1.807, 2.05) is 0 Å². The number of nitrogens with one attached hydrogen (secondary N) is 1. The van der Waals surface area contributed by atoms with Crippen molar-refractivity contribution in [3.8, 4) is 0 Å². The molecule has 128 valence electrons. The molecule has 1 rings (SSSR count). The first-order chi connectivity index (χ1) is 10.7.